The minimum atomic E-state index is -0.357. The second kappa shape index (κ2) is 13.2. The SMILES string of the molecule is COc1ccc(C2=NN(C(=O)CSc3nnc(CNC(=O)c4ccco4)n3-c3cccc(C)c3)[C@@H](c3ccc(C)cc3)C2)cc1. The first-order valence-electron chi connectivity index (χ1n) is 14.5. The van der Waals surface area contributed by atoms with Gasteiger partial charge >= 0.3 is 0 Å². The molecule has 45 heavy (non-hydrogen) atoms. The van der Waals surface area contributed by atoms with Crippen LogP contribution in [-0.4, -0.2) is 50.2 Å². The Hall–Kier alpha value is -5.16. The van der Waals surface area contributed by atoms with Gasteiger partial charge in [-0.15, -0.1) is 10.2 Å². The van der Waals surface area contributed by atoms with Crippen molar-refractivity contribution in [2.24, 2.45) is 5.10 Å². The van der Waals surface area contributed by atoms with Crippen molar-refractivity contribution < 1.29 is 18.7 Å². The summed E-state index contributed by atoms with van der Waals surface area (Å²) in [4.78, 5) is 26.4. The molecular weight excluding hydrogens is 588 g/mol. The predicted molar refractivity (Wildman–Crippen MR) is 172 cm³/mol. The number of rotatable bonds is 10. The smallest absolute Gasteiger partial charge is 0.287 e. The van der Waals surface area contributed by atoms with Crippen LogP contribution in [0.4, 0.5) is 0 Å². The monoisotopic (exact) mass is 620 g/mol. The number of ether oxygens (including phenoxy) is 1. The maximum absolute atomic E-state index is 13.9. The molecule has 6 rings (SSSR count). The molecule has 1 aliphatic heterocycles. The van der Waals surface area contributed by atoms with Gasteiger partial charge in [0.25, 0.3) is 11.8 Å². The largest absolute Gasteiger partial charge is 0.497 e. The first-order chi connectivity index (χ1) is 21.9. The average Bonchev–Trinajstić information content (AvgIpc) is 3.83. The Bertz CT molecular complexity index is 1830. The van der Waals surface area contributed by atoms with Crippen molar-refractivity contribution in [2.45, 2.75) is 38.0 Å². The molecule has 10 nitrogen and oxygen atoms in total. The van der Waals surface area contributed by atoms with Gasteiger partial charge in [0.05, 0.1) is 37.4 Å². The van der Waals surface area contributed by atoms with Gasteiger partial charge in [0.1, 0.15) is 5.75 Å². The van der Waals surface area contributed by atoms with Crippen molar-refractivity contribution in [2.75, 3.05) is 12.9 Å². The van der Waals surface area contributed by atoms with Crippen molar-refractivity contribution >= 4 is 29.3 Å². The van der Waals surface area contributed by atoms with Gasteiger partial charge in [-0.1, -0.05) is 53.7 Å². The molecule has 11 heteroatoms. The second-order valence-electron chi connectivity index (χ2n) is 10.7. The van der Waals surface area contributed by atoms with Gasteiger partial charge in [-0.2, -0.15) is 5.10 Å². The maximum Gasteiger partial charge on any atom is 0.287 e. The number of hydrazone groups is 1. The van der Waals surface area contributed by atoms with E-state index in [-0.39, 0.29) is 35.9 Å². The van der Waals surface area contributed by atoms with Crippen LogP contribution in [0, 0.1) is 13.8 Å². The van der Waals surface area contributed by atoms with E-state index in [0.29, 0.717) is 17.4 Å². The van der Waals surface area contributed by atoms with Gasteiger partial charge in [-0.25, -0.2) is 5.01 Å². The van der Waals surface area contributed by atoms with Gasteiger partial charge in [0, 0.05) is 12.1 Å². The number of carbonyl (C=O) groups is 2. The number of carbonyl (C=O) groups excluding carboxylic acids is 2. The quantitative estimate of drug-likeness (QED) is 0.194. The Kier molecular flexibility index (Phi) is 8.79. The lowest BCUT2D eigenvalue weighted by Crippen LogP contribution is -2.28. The summed E-state index contributed by atoms with van der Waals surface area (Å²) in [6, 6.07) is 26.8. The number of hydrogen-bond acceptors (Lipinski definition) is 8. The first kappa shape index (κ1) is 29.9. The molecule has 0 radical (unpaired) electrons. The second-order valence-corrected chi connectivity index (χ2v) is 11.6. The van der Waals surface area contributed by atoms with E-state index in [0.717, 1.165) is 39.4 Å². The van der Waals surface area contributed by atoms with E-state index < -0.39 is 0 Å². The third-order valence-corrected chi connectivity index (χ3v) is 8.40. The molecule has 0 fully saturated rings. The normalized spacial score (nSPS) is 14.3. The Morgan fingerprint density at radius 3 is 2.49 bits per heavy atom. The zero-order chi connectivity index (χ0) is 31.3. The number of hydrogen-bond donors (Lipinski definition) is 1. The van der Waals surface area contributed by atoms with Crippen LogP contribution >= 0.6 is 11.8 Å². The molecule has 1 N–H and O–H groups in total. The van der Waals surface area contributed by atoms with Crippen LogP contribution in [0.5, 0.6) is 5.75 Å². The third-order valence-electron chi connectivity index (χ3n) is 7.49. The number of amides is 2. The highest BCUT2D eigenvalue weighted by atomic mass is 32.2. The molecule has 2 amide bonds. The van der Waals surface area contributed by atoms with E-state index in [1.54, 1.807) is 24.3 Å². The van der Waals surface area contributed by atoms with Crippen LogP contribution in [0.2, 0.25) is 0 Å². The first-order valence-corrected chi connectivity index (χ1v) is 15.4. The summed E-state index contributed by atoms with van der Waals surface area (Å²) in [5, 5.41) is 18.6. The average molecular weight is 621 g/mol. The van der Waals surface area contributed by atoms with E-state index in [2.05, 4.69) is 39.8 Å². The summed E-state index contributed by atoms with van der Waals surface area (Å²) in [5.74, 6) is 1.07. The molecular formula is C34H32N6O4S. The fourth-order valence-corrected chi connectivity index (χ4v) is 5.95. The van der Waals surface area contributed by atoms with E-state index >= 15 is 0 Å². The molecule has 0 saturated heterocycles. The lowest BCUT2D eigenvalue weighted by Gasteiger charge is -2.22. The number of nitrogens with one attached hydrogen (secondary N) is 1. The summed E-state index contributed by atoms with van der Waals surface area (Å²) >= 11 is 1.28. The number of thioether (sulfide) groups is 1. The molecule has 3 heterocycles. The molecule has 3 aromatic carbocycles. The Morgan fingerprint density at radius 1 is 0.978 bits per heavy atom. The molecule has 0 unspecified atom stereocenters. The van der Waals surface area contributed by atoms with Gasteiger partial charge in [0.15, 0.2) is 16.7 Å². The highest BCUT2D eigenvalue weighted by molar-refractivity contribution is 7.99. The number of nitrogens with zero attached hydrogens (tertiary/aromatic N) is 5. The molecule has 0 aliphatic carbocycles. The molecule has 5 aromatic rings. The van der Waals surface area contributed by atoms with E-state index in [4.69, 9.17) is 14.3 Å². The van der Waals surface area contributed by atoms with E-state index in [9.17, 15) is 9.59 Å². The minimum absolute atomic E-state index is 0.0878. The van der Waals surface area contributed by atoms with Crippen LogP contribution in [0.3, 0.4) is 0 Å². The van der Waals surface area contributed by atoms with Crippen LogP contribution < -0.4 is 10.1 Å². The van der Waals surface area contributed by atoms with Crippen molar-refractivity contribution in [1.29, 1.82) is 0 Å². The number of benzene rings is 3. The van der Waals surface area contributed by atoms with Crippen molar-refractivity contribution in [3.8, 4) is 11.4 Å². The highest BCUT2D eigenvalue weighted by Crippen LogP contribution is 2.34. The number of methoxy groups -OCH3 is 1. The molecule has 1 aliphatic rings. The van der Waals surface area contributed by atoms with E-state index in [1.165, 1.54) is 18.0 Å². The summed E-state index contributed by atoms with van der Waals surface area (Å²) in [6.07, 6.45) is 2.04. The zero-order valence-electron chi connectivity index (χ0n) is 25.1. The van der Waals surface area contributed by atoms with Gasteiger partial charge in [-0.05, 0) is 79.1 Å². The molecule has 1 atom stereocenters. The summed E-state index contributed by atoms with van der Waals surface area (Å²) in [5.41, 5.74) is 5.82. The van der Waals surface area contributed by atoms with Gasteiger partial charge in [0.2, 0.25) is 0 Å². The van der Waals surface area contributed by atoms with Crippen LogP contribution in [0.1, 0.15) is 51.1 Å². The molecule has 0 saturated carbocycles. The standard InChI is InChI=1S/C34H32N6O4S/c1-22-9-11-25(12-10-22)29-19-28(24-13-15-27(43-3)16-14-24)38-40(29)32(41)21-45-34-37-36-31(20-35-33(42)30-8-5-17-44-30)39(34)26-7-4-6-23(2)18-26/h4-18,29H,19-21H2,1-3H3,(H,35,42)/t29-/m1/s1. The molecule has 0 spiro atoms. The molecule has 2 aromatic heterocycles. The Balaban J connectivity index is 1.25. The fraction of sp³-hybridized carbons (Fsp3) is 0.206. The van der Waals surface area contributed by atoms with Crippen LogP contribution in [0.15, 0.2) is 106 Å². The lowest BCUT2D eigenvalue weighted by atomic mass is 9.97. The minimum Gasteiger partial charge on any atom is -0.497 e. The third kappa shape index (κ3) is 6.68. The maximum atomic E-state index is 13.9. The van der Waals surface area contributed by atoms with Crippen LogP contribution in [0.25, 0.3) is 5.69 Å². The zero-order valence-corrected chi connectivity index (χ0v) is 26.0. The van der Waals surface area contributed by atoms with Crippen molar-refractivity contribution in [3.05, 3.63) is 125 Å². The summed E-state index contributed by atoms with van der Waals surface area (Å²) in [6.45, 7) is 4.16. The number of aromatic nitrogens is 3. The van der Waals surface area contributed by atoms with E-state index in [1.807, 2.05) is 66.9 Å². The van der Waals surface area contributed by atoms with Crippen molar-refractivity contribution in [3.63, 3.8) is 0 Å². The number of furan rings is 1. The van der Waals surface area contributed by atoms with Gasteiger partial charge < -0.3 is 14.5 Å². The predicted octanol–water partition coefficient (Wildman–Crippen LogP) is 5.89. The Morgan fingerprint density at radius 2 is 1.78 bits per heavy atom. The molecule has 0 bridgehead atoms. The lowest BCUT2D eigenvalue weighted by molar-refractivity contribution is -0.130. The molecule has 228 valence electrons. The summed E-state index contributed by atoms with van der Waals surface area (Å²) in [7, 11) is 1.63. The Labute approximate surface area is 265 Å². The highest BCUT2D eigenvalue weighted by Gasteiger charge is 2.33. The topological polar surface area (TPSA) is 115 Å². The van der Waals surface area contributed by atoms with Gasteiger partial charge in [-0.3, -0.25) is 14.2 Å². The fourth-order valence-electron chi connectivity index (χ4n) is 5.13. The summed E-state index contributed by atoms with van der Waals surface area (Å²) < 4.78 is 12.4. The van der Waals surface area contributed by atoms with Crippen LogP contribution in [-0.2, 0) is 11.3 Å². The van der Waals surface area contributed by atoms with Crippen molar-refractivity contribution in [1.82, 2.24) is 25.1 Å². The number of aryl methyl sites for hydroxylation is 2.